The third-order valence-electron chi connectivity index (χ3n) is 4.08. The molecule has 0 aromatic heterocycles. The first kappa shape index (κ1) is 19.0. The molecule has 0 aliphatic rings. The maximum absolute atomic E-state index is 2.41. The van der Waals surface area contributed by atoms with E-state index in [9.17, 15) is 0 Å². The lowest BCUT2D eigenvalue weighted by Crippen LogP contribution is -2.13. The fourth-order valence-corrected chi connectivity index (χ4v) is 3.11. The van der Waals surface area contributed by atoms with Crippen LogP contribution in [0.2, 0.25) is 0 Å². The number of hydrogen-bond donors (Lipinski definition) is 0. The van der Waals surface area contributed by atoms with Gasteiger partial charge in [0.2, 0.25) is 0 Å². The lowest BCUT2D eigenvalue weighted by molar-refractivity contribution is 0.260. The molecule has 19 heavy (non-hydrogen) atoms. The van der Waals surface area contributed by atoms with Gasteiger partial charge in [-0.15, -0.1) is 0 Å². The summed E-state index contributed by atoms with van der Waals surface area (Å²) in [5.74, 6) is 0.985. The summed E-state index contributed by atoms with van der Waals surface area (Å²) in [6, 6.07) is 0. The molecule has 0 aromatic carbocycles. The van der Waals surface area contributed by atoms with Crippen LogP contribution in [0.4, 0.5) is 0 Å². The van der Waals surface area contributed by atoms with Gasteiger partial charge in [-0.1, -0.05) is 105 Å². The molecule has 0 fully saturated rings. The van der Waals surface area contributed by atoms with E-state index >= 15 is 0 Å². The van der Waals surface area contributed by atoms with E-state index < -0.39 is 0 Å². The molecular formula is C19H40. The molecule has 116 valence electrons. The normalized spacial score (nSPS) is 13.7. The van der Waals surface area contributed by atoms with E-state index in [2.05, 4.69) is 34.6 Å². The average Bonchev–Trinajstić information content (AvgIpc) is 2.32. The van der Waals surface area contributed by atoms with Crippen LogP contribution in [0.1, 0.15) is 112 Å². The van der Waals surface area contributed by atoms with Crippen molar-refractivity contribution in [3.8, 4) is 0 Å². The van der Waals surface area contributed by atoms with E-state index in [0.29, 0.717) is 5.41 Å². The first-order chi connectivity index (χ1) is 8.99. The van der Waals surface area contributed by atoms with E-state index in [4.69, 9.17) is 0 Å². The lowest BCUT2D eigenvalue weighted by Gasteiger charge is -2.26. The van der Waals surface area contributed by atoms with Gasteiger partial charge < -0.3 is 0 Å². The molecule has 0 nitrogen and oxygen atoms in total. The predicted octanol–water partition coefficient (Wildman–Crippen LogP) is 7.37. The molecule has 0 saturated heterocycles. The zero-order valence-electron chi connectivity index (χ0n) is 14.6. The largest absolute Gasteiger partial charge is 0.0654 e. The quantitative estimate of drug-likeness (QED) is 0.324. The summed E-state index contributed by atoms with van der Waals surface area (Å²) in [4.78, 5) is 0. The molecule has 0 aliphatic heterocycles. The second-order valence-corrected chi connectivity index (χ2v) is 7.68. The highest BCUT2D eigenvalue weighted by Crippen LogP contribution is 2.31. The van der Waals surface area contributed by atoms with Crippen molar-refractivity contribution in [3.63, 3.8) is 0 Å². The summed E-state index contributed by atoms with van der Waals surface area (Å²) in [5, 5.41) is 0. The van der Waals surface area contributed by atoms with Crippen LogP contribution in [0.5, 0.6) is 0 Å². The Kier molecular flexibility index (Phi) is 11.8. The Morgan fingerprint density at radius 2 is 1.05 bits per heavy atom. The van der Waals surface area contributed by atoms with Crippen LogP contribution in [0.15, 0.2) is 0 Å². The summed E-state index contributed by atoms with van der Waals surface area (Å²) in [6.45, 7) is 11.8. The van der Waals surface area contributed by atoms with Crippen LogP contribution in [0.25, 0.3) is 0 Å². The molecule has 0 aromatic rings. The van der Waals surface area contributed by atoms with Gasteiger partial charge in [0.25, 0.3) is 0 Å². The van der Waals surface area contributed by atoms with Crippen molar-refractivity contribution in [2.45, 2.75) is 112 Å². The fourth-order valence-electron chi connectivity index (χ4n) is 3.11. The summed E-state index contributed by atoms with van der Waals surface area (Å²) in [5.41, 5.74) is 0.513. The maximum atomic E-state index is 2.41. The Balaban J connectivity index is 3.83. The van der Waals surface area contributed by atoms with E-state index in [0.717, 1.165) is 5.92 Å². The Bertz CT molecular complexity index is 175. The molecule has 0 spiro atoms. The molecule has 0 saturated carbocycles. The van der Waals surface area contributed by atoms with Crippen molar-refractivity contribution in [2.75, 3.05) is 0 Å². The topological polar surface area (TPSA) is 0 Å². The van der Waals surface area contributed by atoms with Gasteiger partial charge in [0, 0.05) is 0 Å². The molecule has 0 N–H and O–H groups in total. The van der Waals surface area contributed by atoms with Crippen molar-refractivity contribution in [2.24, 2.45) is 11.3 Å². The summed E-state index contributed by atoms with van der Waals surface area (Å²) < 4.78 is 0. The van der Waals surface area contributed by atoms with Gasteiger partial charge in [0.05, 0.1) is 0 Å². The molecule has 0 radical (unpaired) electrons. The Morgan fingerprint density at radius 3 is 1.47 bits per heavy atom. The van der Waals surface area contributed by atoms with E-state index in [1.807, 2.05) is 0 Å². The summed E-state index contributed by atoms with van der Waals surface area (Å²) in [7, 11) is 0. The average molecular weight is 269 g/mol. The second-order valence-electron chi connectivity index (χ2n) is 7.68. The van der Waals surface area contributed by atoms with E-state index in [-0.39, 0.29) is 0 Å². The minimum absolute atomic E-state index is 0.513. The fraction of sp³-hybridized carbons (Fsp3) is 1.00. The van der Waals surface area contributed by atoms with Crippen LogP contribution in [-0.2, 0) is 0 Å². The van der Waals surface area contributed by atoms with Crippen molar-refractivity contribution in [1.29, 1.82) is 0 Å². The predicted molar refractivity (Wildman–Crippen MR) is 89.7 cm³/mol. The second kappa shape index (κ2) is 11.8. The van der Waals surface area contributed by atoms with Crippen molar-refractivity contribution in [1.82, 2.24) is 0 Å². The highest BCUT2D eigenvalue weighted by Gasteiger charge is 2.18. The first-order valence-electron chi connectivity index (χ1n) is 8.99. The minimum Gasteiger partial charge on any atom is -0.0654 e. The van der Waals surface area contributed by atoms with E-state index in [1.54, 1.807) is 0 Å². The smallest absolute Gasteiger partial charge is 0.0380 e. The van der Waals surface area contributed by atoms with Crippen LogP contribution in [-0.4, -0.2) is 0 Å². The molecular weight excluding hydrogens is 228 g/mol. The van der Waals surface area contributed by atoms with Crippen LogP contribution in [0.3, 0.4) is 0 Å². The van der Waals surface area contributed by atoms with E-state index in [1.165, 1.54) is 77.0 Å². The van der Waals surface area contributed by atoms with Crippen molar-refractivity contribution >= 4 is 0 Å². The molecule has 0 rings (SSSR count). The standard InChI is InChI=1S/C19H40/c1-6-8-10-12-14-16-18(17-19(3,4)5)15-13-11-9-7-2/h18H,6-17H2,1-5H3. The minimum atomic E-state index is 0.513. The van der Waals surface area contributed by atoms with Crippen molar-refractivity contribution < 1.29 is 0 Å². The Labute approximate surface area is 123 Å². The summed E-state index contributed by atoms with van der Waals surface area (Å²) >= 11 is 0. The van der Waals surface area contributed by atoms with Crippen LogP contribution >= 0.6 is 0 Å². The number of hydrogen-bond acceptors (Lipinski definition) is 0. The Morgan fingerprint density at radius 1 is 0.632 bits per heavy atom. The molecule has 0 amide bonds. The third-order valence-corrected chi connectivity index (χ3v) is 4.08. The highest BCUT2D eigenvalue weighted by atomic mass is 14.2. The van der Waals surface area contributed by atoms with Gasteiger partial charge in [0.1, 0.15) is 0 Å². The van der Waals surface area contributed by atoms with Crippen LogP contribution < -0.4 is 0 Å². The molecule has 1 unspecified atom stereocenters. The third kappa shape index (κ3) is 14.2. The van der Waals surface area contributed by atoms with Gasteiger partial charge in [-0.25, -0.2) is 0 Å². The molecule has 0 bridgehead atoms. The van der Waals surface area contributed by atoms with Gasteiger partial charge in [-0.2, -0.15) is 0 Å². The van der Waals surface area contributed by atoms with Gasteiger partial charge in [-0.05, 0) is 17.8 Å². The van der Waals surface area contributed by atoms with Gasteiger partial charge in [-0.3, -0.25) is 0 Å². The van der Waals surface area contributed by atoms with Crippen molar-refractivity contribution in [3.05, 3.63) is 0 Å². The zero-order chi connectivity index (χ0) is 14.6. The molecule has 0 heteroatoms. The molecule has 1 atom stereocenters. The molecule has 0 heterocycles. The Hall–Kier alpha value is 0. The number of rotatable bonds is 12. The van der Waals surface area contributed by atoms with Crippen LogP contribution in [0, 0.1) is 11.3 Å². The zero-order valence-corrected chi connectivity index (χ0v) is 14.6. The first-order valence-corrected chi connectivity index (χ1v) is 8.99. The SMILES string of the molecule is CCCCCCCC(CCCCCC)CC(C)(C)C. The maximum Gasteiger partial charge on any atom is -0.0380 e. The highest BCUT2D eigenvalue weighted by molar-refractivity contribution is 4.70. The van der Waals surface area contributed by atoms with Gasteiger partial charge >= 0.3 is 0 Å². The molecule has 0 aliphatic carbocycles. The number of unbranched alkanes of at least 4 members (excludes halogenated alkanes) is 7. The van der Waals surface area contributed by atoms with Gasteiger partial charge in [0.15, 0.2) is 0 Å². The summed E-state index contributed by atoms with van der Waals surface area (Å²) in [6.07, 6.45) is 17.3. The lowest BCUT2D eigenvalue weighted by atomic mass is 9.80. The monoisotopic (exact) mass is 268 g/mol.